The van der Waals surface area contributed by atoms with Gasteiger partial charge >= 0.3 is 0 Å². The number of hydrogen-bond donors (Lipinski definition) is 12. The molecule has 24 nitrogen and oxygen atoms in total. The molecule has 0 spiro atoms. The van der Waals surface area contributed by atoms with Crippen LogP contribution >= 0.6 is 33.3 Å². The van der Waals surface area contributed by atoms with Crippen LogP contribution in [0.4, 0.5) is 0 Å². The summed E-state index contributed by atoms with van der Waals surface area (Å²) < 4.78 is 0. The predicted octanol–water partition coefficient (Wildman–Crippen LogP) is -4.19. The van der Waals surface area contributed by atoms with E-state index in [1.165, 1.54) is 23.6 Å². The van der Waals surface area contributed by atoms with Crippen LogP contribution in [0.25, 0.3) is 0 Å². The molecule has 0 unspecified atom stereocenters. The van der Waals surface area contributed by atoms with Crippen molar-refractivity contribution in [2.45, 2.75) is 114 Å². The van der Waals surface area contributed by atoms with Crippen molar-refractivity contribution in [2.75, 3.05) is 49.7 Å². The van der Waals surface area contributed by atoms with Crippen molar-refractivity contribution in [3.63, 3.8) is 0 Å². The zero-order valence-electron chi connectivity index (χ0n) is 37.4. The largest absolute Gasteiger partial charge is 0.370 e. The summed E-state index contributed by atoms with van der Waals surface area (Å²) in [5.74, 6) is -6.41. The summed E-state index contributed by atoms with van der Waals surface area (Å²) in [4.78, 5) is 131. The molecule has 0 aromatic carbocycles. The Kier molecular flexibility index (Phi) is 25.3. The first-order valence-electron chi connectivity index (χ1n) is 21.2. The van der Waals surface area contributed by atoms with Gasteiger partial charge in [0.05, 0.1) is 6.54 Å². The summed E-state index contributed by atoms with van der Waals surface area (Å²) in [7, 11) is 2.17. The number of guanidine groups is 2. The van der Waals surface area contributed by atoms with Gasteiger partial charge in [-0.1, -0.05) is 35.4 Å². The number of primary amides is 1. The van der Waals surface area contributed by atoms with Crippen molar-refractivity contribution < 1.29 is 43.2 Å². The summed E-state index contributed by atoms with van der Waals surface area (Å²) in [6.07, 6.45) is 3.30. The average Bonchev–Trinajstić information content (AvgIpc) is 3.73. The van der Waals surface area contributed by atoms with Crippen LogP contribution in [0.2, 0.25) is 0 Å². The molecule has 2 aliphatic rings. The van der Waals surface area contributed by atoms with Crippen molar-refractivity contribution >= 4 is 98.4 Å². The van der Waals surface area contributed by atoms with Crippen LogP contribution in [0.3, 0.4) is 0 Å². The van der Waals surface area contributed by atoms with Gasteiger partial charge in [-0.25, -0.2) is 0 Å². The van der Waals surface area contributed by atoms with Crippen molar-refractivity contribution in [1.82, 2.24) is 42.1 Å². The van der Waals surface area contributed by atoms with Gasteiger partial charge in [0.15, 0.2) is 11.9 Å². The minimum Gasteiger partial charge on any atom is -0.370 e. The summed E-state index contributed by atoms with van der Waals surface area (Å²) in [5, 5.41) is 18.4. The smallest absolute Gasteiger partial charge is 0.245 e. The molecule has 2 rings (SSSR count). The topological polar surface area (TPSA) is 396 Å². The van der Waals surface area contributed by atoms with Crippen molar-refractivity contribution in [1.29, 1.82) is 0 Å². The molecule has 2 fully saturated rings. The first-order chi connectivity index (χ1) is 30.7. The molecule has 27 heteroatoms. The fourth-order valence-electron chi connectivity index (χ4n) is 6.72. The lowest BCUT2D eigenvalue weighted by Gasteiger charge is -2.31. The van der Waals surface area contributed by atoms with Crippen molar-refractivity contribution in [2.24, 2.45) is 44.6 Å². The Balaban J connectivity index is 2.61. The maximum Gasteiger partial charge on any atom is 0.245 e. The average molecular weight is 974 g/mol. The zero-order valence-corrected chi connectivity index (χ0v) is 39.8. The van der Waals surface area contributed by atoms with Gasteiger partial charge in [-0.2, -0.15) is 11.8 Å². The van der Waals surface area contributed by atoms with Crippen LogP contribution < -0.4 is 65.9 Å². The minimum atomic E-state index is -1.25. The van der Waals surface area contributed by atoms with Crippen LogP contribution in [0.1, 0.15) is 72.1 Å². The molecule has 0 saturated carbocycles. The number of thioether (sulfide) groups is 1. The summed E-state index contributed by atoms with van der Waals surface area (Å²) in [5.41, 5.74) is 27.5. The normalized spacial score (nSPS) is 24.8. The summed E-state index contributed by atoms with van der Waals surface area (Å²) >= 11 is 1.44. The van der Waals surface area contributed by atoms with E-state index in [0.717, 1.165) is 21.6 Å². The maximum atomic E-state index is 14.2. The van der Waals surface area contributed by atoms with E-state index in [1.807, 2.05) is 20.1 Å². The van der Waals surface area contributed by atoms with Crippen LogP contribution in [0, 0.1) is 5.92 Å². The number of aliphatic imine (C=N–C) groups is 2. The van der Waals surface area contributed by atoms with Gasteiger partial charge in [0.1, 0.15) is 42.3 Å². The van der Waals surface area contributed by atoms with E-state index in [-0.39, 0.29) is 93.9 Å². The van der Waals surface area contributed by atoms with Gasteiger partial charge in [0, 0.05) is 38.1 Å². The molecular weight excluding hydrogens is 907 g/mol. The number of hydrogen-bond acceptors (Lipinski definition) is 14. The van der Waals surface area contributed by atoms with E-state index in [9.17, 15) is 43.2 Å². The third-order valence-corrected chi connectivity index (χ3v) is 13.0. The SMILES string of the molecule is CSCC[C@H]1NC(=O)[C@@H](NC(C)=O)CSSC[C@H](C(N)=O)NC(=O)CNC(=O)[C@@H](CCCN=C(N)N)NC(=O)[C@@H](CC(C)C)NC(=O)[C@@H](CCCN=C(N)N)NC(=O)[C@H]2CCCN2C1=O. The van der Waals surface area contributed by atoms with Crippen LogP contribution in [0.15, 0.2) is 9.98 Å². The van der Waals surface area contributed by atoms with Crippen LogP contribution in [-0.4, -0.2) is 162 Å². The Morgan fingerprint density at radius 3 is 1.88 bits per heavy atom. The van der Waals surface area contributed by atoms with Crippen LogP contribution in [-0.2, 0) is 43.2 Å². The van der Waals surface area contributed by atoms with E-state index in [0.29, 0.717) is 12.2 Å². The standard InChI is InChI=1S/C38H67N15O9S3/c1-20(2)16-25-33(59)49-22(8-5-12-44-37(40)41)31(57)46-17-29(55)48-26(30(39)56)18-64-65-19-27(47-21(3)54)34(60)51-24(11-15-63-4)36(62)53-14-7-10-28(53)35(61)50-23(32(58)52-25)9-6-13-45-38(42)43/h20,22-28H,5-19H2,1-4H3,(H2,39,56)(H,46,57)(H,47,54)(H,48,55)(H,49,59)(H,50,61)(H,51,60)(H,52,58)(H4,40,41,44)(H4,42,43,45)/t22-,23-,24-,25-,26-,27+,28-/m1/s1. The van der Waals surface area contributed by atoms with E-state index in [4.69, 9.17) is 28.7 Å². The first-order valence-corrected chi connectivity index (χ1v) is 25.1. The molecule has 65 heavy (non-hydrogen) atoms. The highest BCUT2D eigenvalue weighted by Crippen LogP contribution is 2.24. The summed E-state index contributed by atoms with van der Waals surface area (Å²) in [6, 6.07) is -8.15. The Morgan fingerprint density at radius 1 is 0.754 bits per heavy atom. The van der Waals surface area contributed by atoms with E-state index < -0.39 is 102 Å². The Labute approximate surface area is 391 Å². The van der Waals surface area contributed by atoms with Crippen LogP contribution in [0.5, 0.6) is 0 Å². The minimum absolute atomic E-state index is 0.00577. The number of rotatable bonds is 15. The second-order valence-corrected chi connectivity index (χ2v) is 19.3. The Bertz CT molecular complexity index is 1730. The third kappa shape index (κ3) is 21.1. The van der Waals surface area contributed by atoms with E-state index in [2.05, 4.69) is 47.2 Å². The van der Waals surface area contributed by atoms with E-state index in [1.54, 1.807) is 0 Å². The van der Waals surface area contributed by atoms with Gasteiger partial charge in [0.25, 0.3) is 0 Å². The molecule has 0 bridgehead atoms. The molecule has 2 heterocycles. The molecule has 0 aromatic rings. The predicted molar refractivity (Wildman–Crippen MR) is 251 cm³/mol. The molecule has 7 atom stereocenters. The molecule has 366 valence electrons. The molecule has 9 amide bonds. The molecule has 2 aliphatic heterocycles. The van der Waals surface area contributed by atoms with Gasteiger partial charge in [0.2, 0.25) is 53.2 Å². The molecule has 17 N–H and O–H groups in total. The quantitative estimate of drug-likeness (QED) is 0.0320. The lowest BCUT2D eigenvalue weighted by Crippen LogP contribution is -2.59. The zero-order chi connectivity index (χ0) is 48.6. The van der Waals surface area contributed by atoms with Gasteiger partial charge in [-0.3, -0.25) is 53.1 Å². The Hall–Kier alpha value is -5.18. The number of carbonyl (C=O) groups is 9. The lowest BCUT2D eigenvalue weighted by molar-refractivity contribution is -0.142. The molecule has 2 saturated heterocycles. The first kappa shape index (κ1) is 56.0. The van der Waals surface area contributed by atoms with Gasteiger partial charge in [-0.05, 0) is 69.3 Å². The number of nitrogens with zero attached hydrogens (tertiary/aromatic N) is 3. The molecule has 0 aromatic heterocycles. The number of nitrogens with two attached hydrogens (primary N) is 5. The van der Waals surface area contributed by atoms with Crippen molar-refractivity contribution in [3.8, 4) is 0 Å². The lowest BCUT2D eigenvalue weighted by atomic mass is 10.0. The maximum absolute atomic E-state index is 14.2. The summed E-state index contributed by atoms with van der Waals surface area (Å²) in [6.45, 7) is 4.64. The number of amides is 9. The van der Waals surface area contributed by atoms with Gasteiger partial charge < -0.3 is 70.8 Å². The highest BCUT2D eigenvalue weighted by atomic mass is 33.1. The van der Waals surface area contributed by atoms with E-state index >= 15 is 0 Å². The second kappa shape index (κ2) is 29.4. The third-order valence-electron chi connectivity index (χ3n) is 9.91. The van der Waals surface area contributed by atoms with Crippen molar-refractivity contribution in [3.05, 3.63) is 0 Å². The molecule has 0 aliphatic carbocycles. The fraction of sp³-hybridized carbons (Fsp3) is 0.711. The molecule has 0 radical (unpaired) electrons. The number of carbonyl (C=O) groups excluding carboxylic acids is 9. The number of nitrogens with one attached hydrogen (secondary N) is 7. The second-order valence-electron chi connectivity index (χ2n) is 15.8. The van der Waals surface area contributed by atoms with Gasteiger partial charge in [-0.15, -0.1) is 0 Å². The number of fused-ring (bicyclic) bond motifs is 1. The fourth-order valence-corrected chi connectivity index (χ4v) is 9.53. The Morgan fingerprint density at radius 2 is 1.31 bits per heavy atom. The monoisotopic (exact) mass is 973 g/mol. The highest BCUT2D eigenvalue weighted by Gasteiger charge is 2.40. The molecular formula is C38H67N15O9S3. The highest BCUT2D eigenvalue weighted by molar-refractivity contribution is 8.76.